The summed E-state index contributed by atoms with van der Waals surface area (Å²) in [5.41, 5.74) is 0. The average molecular weight is 321 g/mol. The largest absolute Gasteiger partial charge is 0.481 e. The van der Waals surface area contributed by atoms with Gasteiger partial charge in [-0.3, -0.25) is 9.59 Å². The van der Waals surface area contributed by atoms with Crippen molar-refractivity contribution in [2.24, 2.45) is 11.8 Å². The van der Waals surface area contributed by atoms with Crippen LogP contribution in [0.1, 0.15) is 20.3 Å². The minimum Gasteiger partial charge on any atom is -0.481 e. The first-order chi connectivity index (χ1) is 9.71. The van der Waals surface area contributed by atoms with E-state index in [4.69, 9.17) is 9.84 Å². The first-order valence-corrected chi connectivity index (χ1v) is 8.82. The summed E-state index contributed by atoms with van der Waals surface area (Å²) in [6.07, 6.45) is -0.285. The number of hydrogen-bond acceptors (Lipinski definition) is 5. The molecule has 0 bridgehead atoms. The molecule has 1 heterocycles. The van der Waals surface area contributed by atoms with Gasteiger partial charge in [-0.1, -0.05) is 13.8 Å². The monoisotopic (exact) mass is 321 g/mol. The van der Waals surface area contributed by atoms with Crippen molar-refractivity contribution in [3.63, 3.8) is 0 Å². The zero-order chi connectivity index (χ0) is 16.0. The number of sulfone groups is 1. The van der Waals surface area contributed by atoms with Gasteiger partial charge in [0.2, 0.25) is 5.91 Å². The molecule has 0 aromatic rings. The van der Waals surface area contributed by atoms with Crippen LogP contribution >= 0.6 is 0 Å². The molecule has 1 aliphatic rings. The van der Waals surface area contributed by atoms with Gasteiger partial charge in [-0.15, -0.1) is 0 Å². The minimum absolute atomic E-state index is 0.0669. The number of carboxylic acids is 1. The Kier molecular flexibility index (Phi) is 6.60. The van der Waals surface area contributed by atoms with E-state index in [2.05, 4.69) is 0 Å². The number of rotatable bonds is 7. The molecule has 1 atom stereocenters. The Bertz CT molecular complexity index is 467. The number of carbonyl (C=O) groups is 2. The van der Waals surface area contributed by atoms with Crippen molar-refractivity contribution in [1.82, 2.24) is 4.90 Å². The lowest BCUT2D eigenvalue weighted by Gasteiger charge is -2.27. The van der Waals surface area contributed by atoms with Crippen molar-refractivity contribution in [3.8, 4) is 0 Å². The van der Waals surface area contributed by atoms with Crippen molar-refractivity contribution < 1.29 is 27.9 Å². The maximum absolute atomic E-state index is 12.0. The second kappa shape index (κ2) is 7.74. The molecule has 122 valence electrons. The zero-order valence-corrected chi connectivity index (χ0v) is 13.3. The molecule has 1 amide bonds. The highest BCUT2D eigenvalue weighted by atomic mass is 32.2. The number of nitrogens with zero attached hydrogens (tertiary/aromatic N) is 1. The second-order valence-electron chi connectivity index (χ2n) is 5.70. The highest BCUT2D eigenvalue weighted by Crippen LogP contribution is 2.13. The van der Waals surface area contributed by atoms with E-state index >= 15 is 0 Å². The van der Waals surface area contributed by atoms with Gasteiger partial charge in [0, 0.05) is 19.5 Å². The Morgan fingerprint density at radius 1 is 1.19 bits per heavy atom. The topological polar surface area (TPSA) is 101 Å². The van der Waals surface area contributed by atoms with Crippen molar-refractivity contribution in [2.75, 3.05) is 37.8 Å². The summed E-state index contributed by atoms with van der Waals surface area (Å²) in [5, 5.41) is 9.16. The second-order valence-corrected chi connectivity index (χ2v) is 7.86. The molecule has 0 spiro atoms. The van der Waals surface area contributed by atoms with Crippen LogP contribution in [-0.4, -0.2) is 68.1 Å². The van der Waals surface area contributed by atoms with E-state index < -0.39 is 27.5 Å². The van der Waals surface area contributed by atoms with Gasteiger partial charge in [0.1, 0.15) is 0 Å². The fraction of sp³-hybridized carbons (Fsp3) is 0.846. The molecule has 1 rings (SSSR count). The highest BCUT2D eigenvalue weighted by molar-refractivity contribution is 7.91. The lowest BCUT2D eigenvalue weighted by Crippen LogP contribution is -2.42. The van der Waals surface area contributed by atoms with Crippen LogP contribution in [0.2, 0.25) is 0 Å². The predicted octanol–water partition coefficient (Wildman–Crippen LogP) is 0.00690. The van der Waals surface area contributed by atoms with E-state index in [0.29, 0.717) is 26.3 Å². The summed E-state index contributed by atoms with van der Waals surface area (Å²) in [4.78, 5) is 24.8. The third kappa shape index (κ3) is 6.43. The normalized spacial score (nSPS) is 17.8. The van der Waals surface area contributed by atoms with Gasteiger partial charge in [0.05, 0.1) is 30.6 Å². The van der Waals surface area contributed by atoms with Crippen LogP contribution < -0.4 is 0 Å². The number of ether oxygens (including phenoxy) is 1. The van der Waals surface area contributed by atoms with Crippen LogP contribution in [0.25, 0.3) is 0 Å². The van der Waals surface area contributed by atoms with Crippen LogP contribution in [0.15, 0.2) is 0 Å². The van der Waals surface area contributed by atoms with Gasteiger partial charge in [-0.05, 0) is 5.92 Å². The molecule has 0 aromatic carbocycles. The molecule has 0 radical (unpaired) electrons. The molecule has 21 heavy (non-hydrogen) atoms. The van der Waals surface area contributed by atoms with Gasteiger partial charge in [0.15, 0.2) is 9.84 Å². The Morgan fingerprint density at radius 2 is 1.76 bits per heavy atom. The van der Waals surface area contributed by atoms with Gasteiger partial charge in [0.25, 0.3) is 0 Å². The SMILES string of the molecule is CC(C)CS(=O)(=O)C[C@@H](CC(=O)N1CCOCC1)C(=O)O. The molecule has 1 fully saturated rings. The van der Waals surface area contributed by atoms with E-state index in [1.165, 1.54) is 4.90 Å². The Balaban J connectivity index is 2.65. The minimum atomic E-state index is -3.48. The average Bonchev–Trinajstić information content (AvgIpc) is 2.36. The highest BCUT2D eigenvalue weighted by Gasteiger charge is 2.30. The summed E-state index contributed by atoms with van der Waals surface area (Å²) in [7, 11) is -3.48. The molecule has 0 unspecified atom stereocenters. The summed E-state index contributed by atoms with van der Waals surface area (Å²) < 4.78 is 28.9. The molecule has 1 aliphatic heterocycles. The van der Waals surface area contributed by atoms with Crippen molar-refractivity contribution in [1.29, 1.82) is 0 Å². The van der Waals surface area contributed by atoms with Crippen molar-refractivity contribution >= 4 is 21.7 Å². The van der Waals surface area contributed by atoms with Gasteiger partial charge < -0.3 is 14.7 Å². The smallest absolute Gasteiger partial charge is 0.308 e. The predicted molar refractivity (Wildman–Crippen MR) is 76.6 cm³/mol. The third-order valence-corrected chi connectivity index (χ3v) is 5.26. The molecule has 0 aromatic heterocycles. The molecule has 1 saturated heterocycles. The van der Waals surface area contributed by atoms with Crippen LogP contribution in [0.5, 0.6) is 0 Å². The Labute approximate surface area is 125 Å². The lowest BCUT2D eigenvalue weighted by atomic mass is 10.1. The summed E-state index contributed by atoms with van der Waals surface area (Å²) >= 11 is 0. The zero-order valence-electron chi connectivity index (χ0n) is 12.4. The van der Waals surface area contributed by atoms with E-state index in [0.717, 1.165) is 0 Å². The summed E-state index contributed by atoms with van der Waals surface area (Å²) in [6, 6.07) is 0. The number of hydrogen-bond donors (Lipinski definition) is 1. The number of carboxylic acid groups (broad SMARTS) is 1. The first kappa shape index (κ1) is 17.9. The van der Waals surface area contributed by atoms with Gasteiger partial charge in [-0.25, -0.2) is 8.42 Å². The maximum Gasteiger partial charge on any atom is 0.308 e. The standard InChI is InChI=1S/C13H23NO6S/c1-10(2)8-21(18,19)9-11(13(16)17)7-12(15)14-3-5-20-6-4-14/h10-11H,3-9H2,1-2H3,(H,16,17)/t11-/m1/s1. The molecule has 7 nitrogen and oxygen atoms in total. The fourth-order valence-corrected chi connectivity index (χ4v) is 4.28. The van der Waals surface area contributed by atoms with E-state index in [9.17, 15) is 18.0 Å². The fourth-order valence-electron chi connectivity index (χ4n) is 2.25. The summed E-state index contributed by atoms with van der Waals surface area (Å²) in [6.45, 7) is 5.20. The van der Waals surface area contributed by atoms with Crippen LogP contribution in [0.4, 0.5) is 0 Å². The van der Waals surface area contributed by atoms with Gasteiger partial charge >= 0.3 is 5.97 Å². The van der Waals surface area contributed by atoms with Crippen LogP contribution in [0, 0.1) is 11.8 Å². The van der Waals surface area contributed by atoms with E-state index in [1.807, 2.05) is 0 Å². The van der Waals surface area contributed by atoms with Gasteiger partial charge in [-0.2, -0.15) is 0 Å². The first-order valence-electron chi connectivity index (χ1n) is 7.00. The molecule has 1 N–H and O–H groups in total. The van der Waals surface area contributed by atoms with Crippen LogP contribution in [0.3, 0.4) is 0 Å². The third-order valence-electron chi connectivity index (χ3n) is 3.18. The quantitative estimate of drug-likeness (QED) is 0.709. The lowest BCUT2D eigenvalue weighted by molar-refractivity contribution is -0.146. The molecular weight excluding hydrogens is 298 g/mol. The molecule has 0 saturated carbocycles. The maximum atomic E-state index is 12.0. The number of morpholine rings is 1. The Morgan fingerprint density at radius 3 is 2.24 bits per heavy atom. The van der Waals surface area contributed by atoms with Crippen molar-refractivity contribution in [2.45, 2.75) is 20.3 Å². The molecule has 0 aliphatic carbocycles. The number of carbonyl (C=O) groups excluding carboxylic acids is 1. The van der Waals surface area contributed by atoms with E-state index in [-0.39, 0.29) is 24.0 Å². The molecule has 8 heteroatoms. The number of aliphatic carboxylic acids is 1. The van der Waals surface area contributed by atoms with E-state index in [1.54, 1.807) is 13.8 Å². The van der Waals surface area contributed by atoms with Crippen LogP contribution in [-0.2, 0) is 24.2 Å². The number of amides is 1. The Hall–Kier alpha value is -1.15. The molecular formula is C13H23NO6S. The van der Waals surface area contributed by atoms with Crippen molar-refractivity contribution in [3.05, 3.63) is 0 Å². The summed E-state index contributed by atoms with van der Waals surface area (Å²) in [5.74, 6) is -3.39.